The van der Waals surface area contributed by atoms with Crippen molar-refractivity contribution in [3.8, 4) is 11.1 Å². The Morgan fingerprint density at radius 3 is 2.58 bits per heavy atom. The number of amides is 1. The van der Waals surface area contributed by atoms with Gasteiger partial charge in [-0.05, 0) is 37.1 Å². The van der Waals surface area contributed by atoms with Gasteiger partial charge in [-0.3, -0.25) is 4.79 Å². The highest BCUT2D eigenvalue weighted by Crippen LogP contribution is 2.34. The minimum Gasteiger partial charge on any atom is -0.363 e. The Balaban J connectivity index is 1.70. The average molecular weight is 416 g/mol. The summed E-state index contributed by atoms with van der Waals surface area (Å²) in [5.41, 5.74) is 3.65. The van der Waals surface area contributed by atoms with E-state index >= 15 is 0 Å². The van der Waals surface area contributed by atoms with Gasteiger partial charge < -0.3 is 15.1 Å². The molecule has 1 aliphatic rings. The molecule has 0 saturated carbocycles. The number of hydrogen-bond acceptors (Lipinski definition) is 5. The minimum absolute atomic E-state index is 0.0379. The molecule has 31 heavy (non-hydrogen) atoms. The first kappa shape index (κ1) is 21.0. The van der Waals surface area contributed by atoms with Crippen LogP contribution in [0, 0.1) is 0 Å². The second kappa shape index (κ2) is 9.27. The fourth-order valence-electron chi connectivity index (χ4n) is 4.12. The standard InChI is InChI=1S/C25H29N5O/c1-26-17-19-16-23(29(2)3)28-24(27-19)22-14-9-15-30(22)25(31)21-13-8-7-12-20(21)18-10-5-4-6-11-18/h4-8,10-13,16,22,26H,9,14-15,17H2,1-3H3/t22-/m0/s1. The second-order valence-corrected chi connectivity index (χ2v) is 8.07. The van der Waals surface area contributed by atoms with Crippen LogP contribution in [0.3, 0.4) is 0 Å². The molecule has 0 radical (unpaired) electrons. The van der Waals surface area contributed by atoms with Crippen molar-refractivity contribution in [1.29, 1.82) is 0 Å². The summed E-state index contributed by atoms with van der Waals surface area (Å²) in [6.45, 7) is 1.37. The maximum absolute atomic E-state index is 13.7. The Morgan fingerprint density at radius 1 is 1.10 bits per heavy atom. The number of nitrogens with one attached hydrogen (secondary N) is 1. The lowest BCUT2D eigenvalue weighted by Gasteiger charge is -2.26. The number of carbonyl (C=O) groups excluding carboxylic acids is 1. The van der Waals surface area contributed by atoms with E-state index < -0.39 is 0 Å². The Morgan fingerprint density at radius 2 is 1.84 bits per heavy atom. The van der Waals surface area contributed by atoms with Crippen LogP contribution in [0.5, 0.6) is 0 Å². The Hall–Kier alpha value is -3.25. The summed E-state index contributed by atoms with van der Waals surface area (Å²) in [6, 6.07) is 19.8. The average Bonchev–Trinajstić information content (AvgIpc) is 3.29. The van der Waals surface area contributed by atoms with Crippen molar-refractivity contribution >= 4 is 11.7 Å². The molecule has 0 bridgehead atoms. The molecule has 6 heteroatoms. The molecule has 3 aromatic rings. The first-order chi connectivity index (χ1) is 15.1. The molecule has 2 heterocycles. The summed E-state index contributed by atoms with van der Waals surface area (Å²) in [5, 5.41) is 3.16. The van der Waals surface area contributed by atoms with Crippen LogP contribution in [0.4, 0.5) is 5.82 Å². The van der Waals surface area contributed by atoms with E-state index in [-0.39, 0.29) is 11.9 Å². The van der Waals surface area contributed by atoms with E-state index in [9.17, 15) is 4.79 Å². The fourth-order valence-corrected chi connectivity index (χ4v) is 4.12. The quantitative estimate of drug-likeness (QED) is 0.662. The normalized spacial score (nSPS) is 15.8. The molecule has 1 fully saturated rings. The van der Waals surface area contributed by atoms with Gasteiger partial charge in [-0.1, -0.05) is 48.5 Å². The van der Waals surface area contributed by atoms with Crippen molar-refractivity contribution in [2.45, 2.75) is 25.4 Å². The zero-order chi connectivity index (χ0) is 21.8. The van der Waals surface area contributed by atoms with E-state index in [0.29, 0.717) is 13.1 Å². The van der Waals surface area contributed by atoms with Gasteiger partial charge in [0.1, 0.15) is 5.82 Å². The Bertz CT molecular complexity index is 1050. The Labute approximate surface area is 183 Å². The number of likely N-dealkylation sites (tertiary alicyclic amines) is 1. The molecule has 1 aliphatic heterocycles. The van der Waals surface area contributed by atoms with Crippen molar-refractivity contribution in [3.63, 3.8) is 0 Å². The van der Waals surface area contributed by atoms with E-state index in [1.165, 1.54) is 0 Å². The van der Waals surface area contributed by atoms with Gasteiger partial charge in [0.25, 0.3) is 5.91 Å². The predicted molar refractivity (Wildman–Crippen MR) is 124 cm³/mol. The molecule has 0 unspecified atom stereocenters. The molecule has 0 spiro atoms. The maximum atomic E-state index is 13.7. The minimum atomic E-state index is -0.119. The van der Waals surface area contributed by atoms with Gasteiger partial charge in [-0.2, -0.15) is 0 Å². The van der Waals surface area contributed by atoms with Crippen molar-refractivity contribution in [1.82, 2.24) is 20.2 Å². The van der Waals surface area contributed by atoms with Crippen LogP contribution < -0.4 is 10.2 Å². The molecule has 1 amide bonds. The number of nitrogens with zero attached hydrogens (tertiary/aromatic N) is 4. The largest absolute Gasteiger partial charge is 0.363 e. The molecule has 0 aliphatic carbocycles. The SMILES string of the molecule is CNCc1cc(N(C)C)nc([C@@H]2CCCN2C(=O)c2ccccc2-c2ccccc2)n1. The highest BCUT2D eigenvalue weighted by molar-refractivity contribution is 6.01. The lowest BCUT2D eigenvalue weighted by molar-refractivity contribution is 0.0730. The van der Waals surface area contributed by atoms with Crippen molar-refractivity contribution in [3.05, 3.63) is 77.7 Å². The van der Waals surface area contributed by atoms with Crippen molar-refractivity contribution in [2.75, 3.05) is 32.6 Å². The van der Waals surface area contributed by atoms with E-state index in [1.807, 2.05) is 91.6 Å². The molecular weight excluding hydrogens is 386 g/mol. The number of aromatic nitrogens is 2. The molecule has 4 rings (SSSR count). The Kier molecular flexibility index (Phi) is 6.28. The molecule has 6 nitrogen and oxygen atoms in total. The van der Waals surface area contributed by atoms with Gasteiger partial charge >= 0.3 is 0 Å². The highest BCUT2D eigenvalue weighted by atomic mass is 16.2. The van der Waals surface area contributed by atoms with Crippen LogP contribution in [-0.2, 0) is 6.54 Å². The summed E-state index contributed by atoms with van der Waals surface area (Å²) in [7, 11) is 5.86. The van der Waals surface area contributed by atoms with Gasteiger partial charge in [0.05, 0.1) is 11.7 Å². The van der Waals surface area contributed by atoms with Gasteiger partial charge in [-0.15, -0.1) is 0 Å². The van der Waals surface area contributed by atoms with Crippen molar-refractivity contribution in [2.24, 2.45) is 0 Å². The number of carbonyl (C=O) groups is 1. The van der Waals surface area contributed by atoms with Crippen LogP contribution >= 0.6 is 0 Å². The van der Waals surface area contributed by atoms with Crippen LogP contribution in [-0.4, -0.2) is 48.5 Å². The first-order valence-electron chi connectivity index (χ1n) is 10.7. The lowest BCUT2D eigenvalue weighted by Crippen LogP contribution is -2.32. The topological polar surface area (TPSA) is 61.4 Å². The van der Waals surface area contributed by atoms with Crippen LogP contribution in [0.1, 0.15) is 40.8 Å². The predicted octanol–water partition coefficient (Wildman–Crippen LogP) is 3.91. The lowest BCUT2D eigenvalue weighted by atomic mass is 9.98. The molecule has 1 saturated heterocycles. The third-order valence-corrected chi connectivity index (χ3v) is 5.65. The van der Waals surface area contributed by atoms with E-state index in [2.05, 4.69) is 5.32 Å². The van der Waals surface area contributed by atoms with E-state index in [1.54, 1.807) is 0 Å². The maximum Gasteiger partial charge on any atom is 0.255 e. The second-order valence-electron chi connectivity index (χ2n) is 8.07. The molecule has 1 N–H and O–H groups in total. The van der Waals surface area contributed by atoms with E-state index in [4.69, 9.17) is 9.97 Å². The third-order valence-electron chi connectivity index (χ3n) is 5.65. The summed E-state index contributed by atoms with van der Waals surface area (Å²) < 4.78 is 0. The molecule has 1 atom stereocenters. The van der Waals surface area contributed by atoms with Gasteiger partial charge in [0, 0.05) is 38.8 Å². The van der Waals surface area contributed by atoms with Crippen molar-refractivity contribution < 1.29 is 4.79 Å². The van der Waals surface area contributed by atoms with Crippen LogP contribution in [0.25, 0.3) is 11.1 Å². The monoisotopic (exact) mass is 415 g/mol. The van der Waals surface area contributed by atoms with Gasteiger partial charge in [-0.25, -0.2) is 9.97 Å². The third kappa shape index (κ3) is 4.44. The summed E-state index contributed by atoms with van der Waals surface area (Å²) in [6.07, 6.45) is 1.82. The summed E-state index contributed by atoms with van der Waals surface area (Å²) >= 11 is 0. The van der Waals surface area contributed by atoms with Crippen LogP contribution in [0.15, 0.2) is 60.7 Å². The fraction of sp³-hybridized carbons (Fsp3) is 0.320. The number of benzene rings is 2. The number of anilines is 1. The summed E-state index contributed by atoms with van der Waals surface area (Å²) in [4.78, 5) is 27.2. The highest BCUT2D eigenvalue weighted by Gasteiger charge is 2.34. The van der Waals surface area contributed by atoms with E-state index in [0.717, 1.165) is 46.9 Å². The zero-order valence-corrected chi connectivity index (χ0v) is 18.4. The number of hydrogen-bond donors (Lipinski definition) is 1. The van der Waals surface area contributed by atoms with Gasteiger partial charge in [0.15, 0.2) is 5.82 Å². The zero-order valence-electron chi connectivity index (χ0n) is 18.4. The number of rotatable bonds is 6. The summed E-state index contributed by atoms with van der Waals surface area (Å²) in [5.74, 6) is 1.62. The van der Waals surface area contributed by atoms with Crippen LogP contribution in [0.2, 0.25) is 0 Å². The molecule has 160 valence electrons. The molecular formula is C25H29N5O. The molecule has 2 aromatic carbocycles. The van der Waals surface area contributed by atoms with Gasteiger partial charge in [0.2, 0.25) is 0 Å². The first-order valence-corrected chi connectivity index (χ1v) is 10.7. The smallest absolute Gasteiger partial charge is 0.255 e. The molecule has 1 aromatic heterocycles.